The van der Waals surface area contributed by atoms with E-state index in [4.69, 9.17) is 38.4 Å². The van der Waals surface area contributed by atoms with Crippen LogP contribution in [0, 0.1) is 58.2 Å². The summed E-state index contributed by atoms with van der Waals surface area (Å²) in [6.07, 6.45) is 5.27. The van der Waals surface area contributed by atoms with Crippen LogP contribution < -0.4 is 28.4 Å². The third kappa shape index (κ3) is 23.5. The second-order valence-corrected chi connectivity index (χ2v) is 44.3. The highest BCUT2D eigenvalue weighted by Gasteiger charge is 2.65. The number of Topliss-reactive ketones (excluding diaryl/α,β-unsaturated/α-hetero) is 2. The van der Waals surface area contributed by atoms with E-state index in [1.165, 1.54) is 9.80 Å². The number of allylic oxidation sites excluding steroid dienone is 4. The van der Waals surface area contributed by atoms with Gasteiger partial charge in [0.25, 0.3) is 0 Å². The maximum Gasteiger partial charge on any atom is 0.427 e. The van der Waals surface area contributed by atoms with Gasteiger partial charge in [-0.05, 0) is 242 Å². The second kappa shape index (κ2) is 39.5. The van der Waals surface area contributed by atoms with Crippen molar-refractivity contribution in [3.05, 3.63) is 134 Å². The van der Waals surface area contributed by atoms with Gasteiger partial charge >= 0.3 is 24.3 Å². The molecule has 4 saturated carbocycles. The first kappa shape index (κ1) is 101. The first-order valence-corrected chi connectivity index (χ1v) is 48.9. The number of rotatable bonds is 24. The van der Waals surface area contributed by atoms with Crippen molar-refractivity contribution < 1.29 is 110 Å². The van der Waals surface area contributed by atoms with Crippen molar-refractivity contribution in [2.75, 3.05) is 13.1 Å². The zero-order valence-corrected chi connectivity index (χ0v) is 79.6. The van der Waals surface area contributed by atoms with Crippen molar-refractivity contribution in [1.29, 1.82) is 0 Å². The van der Waals surface area contributed by atoms with E-state index < -0.39 is 197 Å². The summed E-state index contributed by atoms with van der Waals surface area (Å²) in [6, 6.07) is 22.2. The third-order valence-corrected chi connectivity index (χ3v) is 31.6. The average molecular weight is 1900 g/mol. The Morgan fingerprint density at radius 2 is 0.828 bits per heavy atom. The van der Waals surface area contributed by atoms with Crippen LogP contribution in [0.5, 0.6) is 23.0 Å². The van der Waals surface area contributed by atoms with Gasteiger partial charge in [0.1, 0.15) is 46.6 Å². The van der Waals surface area contributed by atoms with Gasteiger partial charge in [-0.1, -0.05) is 52.0 Å². The van der Waals surface area contributed by atoms with Crippen LogP contribution in [0.15, 0.2) is 134 Å². The summed E-state index contributed by atoms with van der Waals surface area (Å²) >= 11 is 0. The predicted molar refractivity (Wildman–Crippen MR) is 483 cm³/mol. The second-order valence-electron chi connectivity index (χ2n) is 39.9. The number of aromatic nitrogens is 6. The Bertz CT molecular complexity index is 5300. The monoisotopic (exact) mass is 1900 g/mol. The molecule has 0 radical (unpaired) electrons. The molecule has 14 atom stereocenters. The summed E-state index contributed by atoms with van der Waals surface area (Å²) in [5.74, 6) is -8.17. The van der Waals surface area contributed by atoms with Gasteiger partial charge in [0.2, 0.25) is 54.9 Å². The first-order valence-electron chi connectivity index (χ1n) is 46.0. The molecule has 0 bridgehead atoms. The smallest absolute Gasteiger partial charge is 0.427 e. The van der Waals surface area contributed by atoms with E-state index in [1.54, 1.807) is 88.9 Å². The van der Waals surface area contributed by atoms with Crippen molar-refractivity contribution in [2.24, 2.45) is 58.2 Å². The van der Waals surface area contributed by atoms with Crippen molar-refractivity contribution in [3.8, 4) is 68.5 Å². The molecule has 8 heterocycles. The number of pyridine rings is 2. The molecular formula is C98H120F6N10O18S2. The quantitative estimate of drug-likeness (QED) is 0.0323. The van der Waals surface area contributed by atoms with E-state index in [1.807, 2.05) is 114 Å². The lowest BCUT2D eigenvalue weighted by Crippen LogP contribution is -2.48. The number of ether oxygens (including phenoxy) is 6. The normalized spacial score (nSPS) is 27.2. The van der Waals surface area contributed by atoms with E-state index in [-0.39, 0.29) is 62.8 Å². The fraction of sp³-hybridized carbons (Fsp3) is 0.571. The van der Waals surface area contributed by atoms with Crippen molar-refractivity contribution in [2.45, 2.75) is 282 Å². The molecule has 2 aromatic carbocycles. The first-order chi connectivity index (χ1) is 62.8. The van der Waals surface area contributed by atoms with Crippen LogP contribution in [0.25, 0.3) is 45.6 Å². The number of esters is 2. The number of halogens is 6. The predicted octanol–water partition coefficient (Wildman–Crippen LogP) is 16.4. The molecule has 2 saturated heterocycles. The zero-order chi connectivity index (χ0) is 97.4. The highest BCUT2D eigenvalue weighted by atomic mass is 32.2. The van der Waals surface area contributed by atoms with Crippen LogP contribution in [-0.2, 0) is 67.9 Å². The molecule has 134 heavy (non-hydrogen) atoms. The van der Waals surface area contributed by atoms with Crippen LogP contribution in [0.1, 0.15) is 213 Å². The number of fused-ring (bicyclic) bond motifs is 4. The Balaban J connectivity index is 0.000000227. The Hall–Kier alpha value is -10.8. The van der Waals surface area contributed by atoms with Gasteiger partial charge in [-0.2, -0.15) is 26.3 Å². The van der Waals surface area contributed by atoms with Crippen LogP contribution in [0.3, 0.4) is 0 Å². The van der Waals surface area contributed by atoms with Crippen LogP contribution in [0.2, 0.25) is 0 Å². The summed E-state index contributed by atoms with van der Waals surface area (Å²) < 4.78 is 174. The summed E-state index contributed by atoms with van der Waals surface area (Å²) in [5.41, 5.74) is -5.34. The number of nitrogens with zero attached hydrogens (tertiary/aromatic N) is 8. The number of carbonyl (C=O) groups is 8. The maximum absolute atomic E-state index is 15.1. The Labute approximate surface area is 778 Å². The molecule has 8 aliphatic rings. The SMILES string of the molecule is CC(C)Oc1ccc(-c2cc(O[C@@H]3C[C@H]4C(=O)C[C@]5(C(=O)NS(=O)(=O)C6(C)CC6)C[C@H]5/C=C\CC[C@@H](C)C[C@@H](C)[C@H](CC(=O)OC(C)(C)C(F)(F)F)C(=O)N4C3)cc(-c3ncccn3)n2)cc1.CC(C)Oc1ccc(-c2cc(O[C@@H]3C[C@H]4C(=O)C[C@]5(C(=O)NS(=O)(=O)C6(C)CC6)C[C@H]5/C=C\CC[C@H](C)C[C@@H](C)[C@H](CC(=O)OC(C)(C)C(F)(F)F)C(=O)N4C3)cc(-c3ncccn3)n2)cc1. The molecule has 4 aliphatic heterocycles. The van der Waals surface area contributed by atoms with E-state index in [2.05, 4.69) is 29.4 Å². The third-order valence-electron chi connectivity index (χ3n) is 27.3. The fourth-order valence-electron chi connectivity index (χ4n) is 18.2. The van der Waals surface area contributed by atoms with E-state index in [9.17, 15) is 71.9 Å². The molecule has 4 amide bonds. The van der Waals surface area contributed by atoms with Gasteiger partial charge in [0, 0.05) is 85.9 Å². The van der Waals surface area contributed by atoms with Crippen LogP contribution >= 0.6 is 0 Å². The maximum atomic E-state index is 15.1. The topological polar surface area (TPSA) is 368 Å². The summed E-state index contributed by atoms with van der Waals surface area (Å²) in [4.78, 5) is 145. The molecule has 6 fully saturated rings. The van der Waals surface area contributed by atoms with Gasteiger partial charge in [-0.3, -0.25) is 47.8 Å². The molecule has 0 unspecified atom stereocenters. The number of hydrogen-bond acceptors (Lipinski definition) is 24. The van der Waals surface area contributed by atoms with Crippen molar-refractivity contribution >= 4 is 67.2 Å². The molecule has 28 nitrogen and oxygen atoms in total. The molecule has 14 rings (SSSR count). The van der Waals surface area contributed by atoms with E-state index in [0.29, 0.717) is 133 Å². The Morgan fingerprint density at radius 1 is 0.493 bits per heavy atom. The minimum absolute atomic E-state index is 0.00546. The summed E-state index contributed by atoms with van der Waals surface area (Å²) in [7, 11) is -8.13. The number of sulfonamides is 2. The van der Waals surface area contributed by atoms with Crippen LogP contribution in [-0.4, -0.2) is 186 Å². The van der Waals surface area contributed by atoms with Gasteiger partial charge in [0.05, 0.1) is 93.8 Å². The number of alkyl halides is 6. The molecule has 724 valence electrons. The van der Waals surface area contributed by atoms with Gasteiger partial charge in [0.15, 0.2) is 23.2 Å². The number of nitrogens with one attached hydrogen (secondary N) is 2. The lowest BCUT2D eigenvalue weighted by atomic mass is 9.82. The van der Waals surface area contributed by atoms with Gasteiger partial charge in [-0.15, -0.1) is 0 Å². The van der Waals surface area contributed by atoms with Gasteiger partial charge < -0.3 is 38.2 Å². The number of amides is 4. The molecule has 4 aliphatic carbocycles. The molecule has 2 N–H and O–H groups in total. The largest absolute Gasteiger partial charge is 0.491 e. The lowest BCUT2D eigenvalue weighted by Gasteiger charge is -2.33. The van der Waals surface area contributed by atoms with Crippen LogP contribution in [0.4, 0.5) is 26.3 Å². The number of hydrogen-bond donors (Lipinski definition) is 2. The molecule has 0 spiro atoms. The lowest BCUT2D eigenvalue weighted by molar-refractivity contribution is -0.257. The summed E-state index contributed by atoms with van der Waals surface area (Å²) in [6.45, 7) is 20.9. The van der Waals surface area contributed by atoms with Crippen molar-refractivity contribution in [3.63, 3.8) is 0 Å². The number of benzene rings is 2. The standard InChI is InChI=1S/2C49H60F3N5O9S/c2*1-29(2)64-34-15-13-32(14-16-34)38-22-35(23-39(55-38)43-53-19-10-20-54-43)65-36-24-40-41(58)27-48(45(61)56-67(62,63)47(7)17-18-47)26-33(48)12-9-8-11-30(3)21-31(4)37(44(60)57(40)28-36)25-42(59)66-46(5,6)49(50,51)52/h2*9-10,12-16,19-20,22-23,29-31,33,36-37,40H,8,11,17-18,21,24-28H2,1-7H3,(H,56,61)/b2*12-9-/t30-,31+,33+,36+,37-,40-,48+;30-,31-,33-,36-,37+,40+,48-/m01/s1. The minimum atomic E-state index is -4.89. The zero-order valence-electron chi connectivity index (χ0n) is 77.9. The minimum Gasteiger partial charge on any atom is -0.491 e. The van der Waals surface area contributed by atoms with Gasteiger partial charge in [-0.25, -0.2) is 46.7 Å². The number of carbonyl (C=O) groups excluding carboxylic acids is 8. The molecule has 4 aromatic heterocycles. The molecular weight excluding hydrogens is 1780 g/mol. The fourth-order valence-corrected chi connectivity index (χ4v) is 20.8. The molecule has 36 heteroatoms. The Kier molecular flexibility index (Phi) is 29.7. The number of ketones is 2. The van der Waals surface area contributed by atoms with Crippen molar-refractivity contribution in [1.82, 2.24) is 49.1 Å². The molecule has 6 aromatic rings. The van der Waals surface area contributed by atoms with E-state index >= 15 is 9.59 Å². The Morgan fingerprint density at radius 3 is 1.15 bits per heavy atom. The highest BCUT2D eigenvalue weighted by molar-refractivity contribution is 7.92. The highest BCUT2D eigenvalue weighted by Crippen LogP contribution is 2.60. The van der Waals surface area contributed by atoms with E-state index in [0.717, 1.165) is 27.7 Å². The average Bonchev–Trinajstić information content (AvgIpc) is 1.57. The summed E-state index contributed by atoms with van der Waals surface area (Å²) in [5, 5.41) is 0.